The number of hydrogen-bond donors (Lipinski definition) is 1. The van der Waals surface area contributed by atoms with Crippen LogP contribution in [0.2, 0.25) is 0 Å². The van der Waals surface area contributed by atoms with Crippen molar-refractivity contribution < 1.29 is 14.0 Å². The lowest BCUT2D eigenvalue weighted by Crippen LogP contribution is -2.44. The molecule has 126 valence electrons. The number of rotatable bonds is 5. The molecule has 0 atom stereocenters. The van der Waals surface area contributed by atoms with E-state index in [0.717, 1.165) is 0 Å². The molecule has 1 saturated heterocycles. The minimum absolute atomic E-state index is 0.00311. The first-order valence-electron chi connectivity index (χ1n) is 8.25. The number of hydrogen-bond acceptors (Lipinski definition) is 2. The van der Waals surface area contributed by atoms with Crippen molar-refractivity contribution in [2.24, 2.45) is 11.8 Å². The lowest BCUT2D eigenvalue weighted by Gasteiger charge is -2.31. The number of nitrogens with zero attached hydrogens (tertiary/aromatic N) is 1. The van der Waals surface area contributed by atoms with E-state index in [-0.39, 0.29) is 30.0 Å². The van der Waals surface area contributed by atoms with E-state index in [1.54, 1.807) is 17.0 Å². The summed E-state index contributed by atoms with van der Waals surface area (Å²) in [5.41, 5.74) is 0.687. The monoisotopic (exact) mass is 320 g/mol. The number of carbonyl (C=O) groups is 2. The van der Waals surface area contributed by atoms with Crippen LogP contribution in [0.25, 0.3) is 0 Å². The van der Waals surface area contributed by atoms with Crippen LogP contribution >= 0.6 is 0 Å². The van der Waals surface area contributed by atoms with Gasteiger partial charge in [0.25, 0.3) is 0 Å². The summed E-state index contributed by atoms with van der Waals surface area (Å²) >= 11 is 0. The van der Waals surface area contributed by atoms with Gasteiger partial charge in [-0.1, -0.05) is 26.0 Å². The number of benzene rings is 1. The maximum absolute atomic E-state index is 13.2. The molecule has 2 amide bonds. The first-order valence-corrected chi connectivity index (χ1v) is 8.25. The predicted molar refractivity (Wildman–Crippen MR) is 87.3 cm³/mol. The molecule has 4 nitrogen and oxygen atoms in total. The van der Waals surface area contributed by atoms with Crippen LogP contribution in [0.4, 0.5) is 4.39 Å². The molecular weight excluding hydrogens is 295 g/mol. The van der Waals surface area contributed by atoms with Crippen molar-refractivity contribution in [2.45, 2.75) is 33.1 Å². The third-order valence-electron chi connectivity index (χ3n) is 4.15. The van der Waals surface area contributed by atoms with E-state index < -0.39 is 0 Å². The third-order valence-corrected chi connectivity index (χ3v) is 4.15. The average molecular weight is 320 g/mol. The van der Waals surface area contributed by atoms with Crippen LogP contribution in [-0.4, -0.2) is 36.3 Å². The highest BCUT2D eigenvalue weighted by molar-refractivity contribution is 5.81. The molecule has 1 fully saturated rings. The first-order chi connectivity index (χ1) is 11.0. The summed E-state index contributed by atoms with van der Waals surface area (Å²) in [4.78, 5) is 26.1. The molecule has 0 aliphatic carbocycles. The highest BCUT2D eigenvalue weighted by Crippen LogP contribution is 2.18. The Bertz CT molecular complexity index is 552. The molecule has 5 heteroatoms. The summed E-state index contributed by atoms with van der Waals surface area (Å²) in [6.45, 7) is 6.00. The van der Waals surface area contributed by atoms with Crippen LogP contribution in [0.3, 0.4) is 0 Å². The average Bonchev–Trinajstić information content (AvgIpc) is 2.52. The van der Waals surface area contributed by atoms with Gasteiger partial charge in [-0.25, -0.2) is 4.39 Å². The molecule has 1 aromatic carbocycles. The van der Waals surface area contributed by atoms with Gasteiger partial charge in [0.1, 0.15) is 5.82 Å². The summed E-state index contributed by atoms with van der Waals surface area (Å²) in [5.74, 6) is 0.197. The van der Waals surface area contributed by atoms with E-state index in [1.165, 1.54) is 12.1 Å². The number of carbonyl (C=O) groups excluding carboxylic acids is 2. The molecule has 0 saturated carbocycles. The Hall–Kier alpha value is -1.91. The molecular formula is C18H25FN2O2. The number of likely N-dealkylation sites (tertiary alicyclic amines) is 1. The van der Waals surface area contributed by atoms with Gasteiger partial charge in [0.05, 0.1) is 6.42 Å². The maximum Gasteiger partial charge on any atom is 0.226 e. The summed E-state index contributed by atoms with van der Waals surface area (Å²) in [6.07, 6.45) is 1.60. The van der Waals surface area contributed by atoms with Crippen LogP contribution in [0.5, 0.6) is 0 Å². The predicted octanol–water partition coefficient (Wildman–Crippen LogP) is 2.38. The first kappa shape index (κ1) is 17.4. The molecule has 2 rings (SSSR count). The van der Waals surface area contributed by atoms with Crippen molar-refractivity contribution >= 4 is 11.8 Å². The molecule has 0 spiro atoms. The molecule has 23 heavy (non-hydrogen) atoms. The van der Waals surface area contributed by atoms with Gasteiger partial charge in [-0.2, -0.15) is 0 Å². The zero-order valence-electron chi connectivity index (χ0n) is 13.8. The Balaban J connectivity index is 1.79. The zero-order valence-corrected chi connectivity index (χ0v) is 13.8. The van der Waals surface area contributed by atoms with E-state index in [1.807, 2.05) is 0 Å². The standard InChI is InChI=1S/C18H25FN2O2/c1-13(2)12-20-18(23)15-6-8-21(9-7-15)17(22)11-14-4-3-5-16(19)10-14/h3-5,10,13,15H,6-9,11-12H2,1-2H3,(H,20,23). The molecule has 0 bridgehead atoms. The van der Waals surface area contributed by atoms with Crippen LogP contribution in [-0.2, 0) is 16.0 Å². The molecule has 1 aliphatic rings. The van der Waals surface area contributed by atoms with Crippen molar-refractivity contribution in [3.63, 3.8) is 0 Å². The van der Waals surface area contributed by atoms with E-state index >= 15 is 0 Å². The largest absolute Gasteiger partial charge is 0.356 e. The fraction of sp³-hybridized carbons (Fsp3) is 0.556. The molecule has 1 aliphatic heterocycles. The highest BCUT2D eigenvalue weighted by atomic mass is 19.1. The summed E-state index contributed by atoms with van der Waals surface area (Å²) in [7, 11) is 0. The van der Waals surface area contributed by atoms with Crippen molar-refractivity contribution in [3.05, 3.63) is 35.6 Å². The van der Waals surface area contributed by atoms with E-state index in [9.17, 15) is 14.0 Å². The van der Waals surface area contributed by atoms with E-state index in [4.69, 9.17) is 0 Å². The number of amides is 2. The zero-order chi connectivity index (χ0) is 16.8. The quantitative estimate of drug-likeness (QED) is 0.905. The van der Waals surface area contributed by atoms with Gasteiger partial charge >= 0.3 is 0 Å². The molecule has 0 aromatic heterocycles. The van der Waals surface area contributed by atoms with Gasteiger partial charge < -0.3 is 10.2 Å². The van der Waals surface area contributed by atoms with Crippen LogP contribution < -0.4 is 5.32 Å². The molecule has 1 N–H and O–H groups in total. The minimum Gasteiger partial charge on any atom is -0.356 e. The molecule has 0 radical (unpaired) electrons. The lowest BCUT2D eigenvalue weighted by atomic mass is 9.95. The summed E-state index contributed by atoms with van der Waals surface area (Å²) in [5, 5.41) is 2.96. The summed E-state index contributed by atoms with van der Waals surface area (Å²) in [6, 6.07) is 6.13. The Morgan fingerprint density at radius 3 is 2.61 bits per heavy atom. The summed E-state index contributed by atoms with van der Waals surface area (Å²) < 4.78 is 13.2. The van der Waals surface area contributed by atoms with Gasteiger partial charge in [-0.15, -0.1) is 0 Å². The smallest absolute Gasteiger partial charge is 0.226 e. The Morgan fingerprint density at radius 2 is 2.00 bits per heavy atom. The Kier molecular flexibility index (Phi) is 6.13. The second-order valence-electron chi connectivity index (χ2n) is 6.60. The Morgan fingerprint density at radius 1 is 1.30 bits per heavy atom. The van der Waals surface area contributed by atoms with Crippen molar-refractivity contribution in [1.82, 2.24) is 10.2 Å². The van der Waals surface area contributed by atoms with Crippen molar-refractivity contribution in [2.75, 3.05) is 19.6 Å². The SMILES string of the molecule is CC(C)CNC(=O)C1CCN(C(=O)Cc2cccc(F)c2)CC1. The second kappa shape index (κ2) is 8.09. The number of piperidine rings is 1. The topological polar surface area (TPSA) is 49.4 Å². The van der Waals surface area contributed by atoms with Gasteiger partial charge in [-0.05, 0) is 36.5 Å². The fourth-order valence-corrected chi connectivity index (χ4v) is 2.77. The van der Waals surface area contributed by atoms with Gasteiger partial charge in [0, 0.05) is 25.6 Å². The van der Waals surface area contributed by atoms with Gasteiger partial charge in [-0.3, -0.25) is 9.59 Å². The molecule has 1 aromatic rings. The second-order valence-corrected chi connectivity index (χ2v) is 6.60. The van der Waals surface area contributed by atoms with Crippen LogP contribution in [0, 0.1) is 17.7 Å². The Labute approximate surface area is 137 Å². The molecule has 0 unspecified atom stereocenters. The fourth-order valence-electron chi connectivity index (χ4n) is 2.77. The minimum atomic E-state index is -0.323. The maximum atomic E-state index is 13.2. The van der Waals surface area contributed by atoms with Crippen LogP contribution in [0.15, 0.2) is 24.3 Å². The normalized spacial score (nSPS) is 15.7. The number of nitrogens with one attached hydrogen (secondary N) is 1. The van der Waals surface area contributed by atoms with Crippen LogP contribution in [0.1, 0.15) is 32.3 Å². The van der Waals surface area contributed by atoms with Crippen molar-refractivity contribution in [1.29, 1.82) is 0 Å². The lowest BCUT2D eigenvalue weighted by molar-refractivity contribution is -0.135. The van der Waals surface area contributed by atoms with Gasteiger partial charge in [0.2, 0.25) is 11.8 Å². The van der Waals surface area contributed by atoms with E-state index in [2.05, 4.69) is 19.2 Å². The highest BCUT2D eigenvalue weighted by Gasteiger charge is 2.27. The van der Waals surface area contributed by atoms with Crippen molar-refractivity contribution in [3.8, 4) is 0 Å². The number of halogens is 1. The molecule has 1 heterocycles. The third kappa shape index (κ3) is 5.34. The van der Waals surface area contributed by atoms with Gasteiger partial charge in [0.15, 0.2) is 0 Å². The van der Waals surface area contributed by atoms with E-state index in [0.29, 0.717) is 44.0 Å².